The van der Waals surface area contributed by atoms with Crippen molar-refractivity contribution in [1.82, 2.24) is 5.32 Å². The predicted molar refractivity (Wildman–Crippen MR) is 57.0 cm³/mol. The molecule has 0 aromatic rings. The molecular weight excluding hydrogens is 174 g/mol. The molecule has 2 heteroatoms. The molecule has 3 aliphatic carbocycles. The van der Waals surface area contributed by atoms with E-state index in [1.54, 1.807) is 0 Å². The Kier molecular flexibility index (Phi) is 2.42. The van der Waals surface area contributed by atoms with Crippen LogP contribution in [0.4, 0.5) is 0 Å². The Labute approximate surface area is 86.5 Å². The molecule has 0 heterocycles. The molecule has 3 unspecified atom stereocenters. The first kappa shape index (κ1) is 10.2. The van der Waals surface area contributed by atoms with E-state index in [9.17, 15) is 4.79 Å². The number of hydrogen-bond acceptors (Lipinski definition) is 2. The molecular formula is C12H21NO. The molecule has 3 aliphatic rings. The Bertz CT molecular complexity index is 245. The fourth-order valence-electron chi connectivity index (χ4n) is 3.50. The van der Waals surface area contributed by atoms with E-state index in [-0.39, 0.29) is 0 Å². The van der Waals surface area contributed by atoms with Crippen LogP contribution < -0.4 is 5.32 Å². The van der Waals surface area contributed by atoms with Crippen molar-refractivity contribution in [1.29, 1.82) is 0 Å². The van der Waals surface area contributed by atoms with E-state index in [1.807, 2.05) is 7.05 Å². The van der Waals surface area contributed by atoms with Crippen molar-refractivity contribution in [3.05, 3.63) is 0 Å². The van der Waals surface area contributed by atoms with Gasteiger partial charge in [-0.25, -0.2) is 0 Å². The largest absolute Gasteiger partial charge is 0.313 e. The normalized spacial score (nSPS) is 38.9. The van der Waals surface area contributed by atoms with Gasteiger partial charge in [0.2, 0.25) is 0 Å². The lowest BCUT2D eigenvalue weighted by atomic mass is 9.45. The maximum Gasteiger partial charge on any atom is 0.149 e. The van der Waals surface area contributed by atoms with Crippen molar-refractivity contribution < 1.29 is 4.79 Å². The van der Waals surface area contributed by atoms with E-state index < -0.39 is 0 Å². The Morgan fingerprint density at radius 2 is 2.14 bits per heavy atom. The van der Waals surface area contributed by atoms with Crippen LogP contribution in [0.3, 0.4) is 0 Å². The second kappa shape index (κ2) is 3.34. The summed E-state index contributed by atoms with van der Waals surface area (Å²) < 4.78 is 0. The first-order valence-corrected chi connectivity index (χ1v) is 5.74. The summed E-state index contributed by atoms with van der Waals surface area (Å²) in [6.07, 6.45) is 3.70. The minimum absolute atomic E-state index is 0.349. The van der Waals surface area contributed by atoms with Crippen LogP contribution in [-0.4, -0.2) is 19.4 Å². The third-order valence-corrected chi connectivity index (χ3v) is 4.62. The van der Waals surface area contributed by atoms with Gasteiger partial charge in [-0.3, -0.25) is 4.79 Å². The molecule has 3 atom stereocenters. The highest BCUT2D eigenvalue weighted by Gasteiger charge is 2.55. The fourth-order valence-corrected chi connectivity index (χ4v) is 3.50. The van der Waals surface area contributed by atoms with Crippen LogP contribution in [0.15, 0.2) is 0 Å². The molecule has 0 spiro atoms. The quantitative estimate of drug-likeness (QED) is 0.744. The van der Waals surface area contributed by atoms with Crippen LogP contribution in [0, 0.1) is 23.2 Å². The van der Waals surface area contributed by atoms with Crippen molar-refractivity contribution in [3.63, 3.8) is 0 Å². The smallest absolute Gasteiger partial charge is 0.149 e. The third-order valence-electron chi connectivity index (χ3n) is 4.62. The molecule has 0 radical (unpaired) electrons. The van der Waals surface area contributed by atoms with Gasteiger partial charge in [0.25, 0.3) is 0 Å². The van der Waals surface area contributed by atoms with Gasteiger partial charge >= 0.3 is 0 Å². The van der Waals surface area contributed by atoms with Crippen LogP contribution in [0.5, 0.6) is 0 Å². The lowest BCUT2D eigenvalue weighted by Gasteiger charge is -2.59. The molecule has 0 aliphatic heterocycles. The van der Waals surface area contributed by atoms with Crippen molar-refractivity contribution >= 4 is 5.78 Å². The van der Waals surface area contributed by atoms with Crippen LogP contribution in [-0.2, 0) is 4.79 Å². The van der Waals surface area contributed by atoms with Crippen LogP contribution in [0.2, 0.25) is 0 Å². The zero-order chi connectivity index (χ0) is 10.3. The topological polar surface area (TPSA) is 29.1 Å². The Balaban J connectivity index is 2.04. The number of fused-ring (bicyclic) bond motifs is 2. The monoisotopic (exact) mass is 195 g/mol. The molecule has 0 saturated heterocycles. The van der Waals surface area contributed by atoms with Gasteiger partial charge in [-0.2, -0.15) is 0 Å². The zero-order valence-electron chi connectivity index (χ0n) is 9.47. The summed E-state index contributed by atoms with van der Waals surface area (Å²) in [7, 11) is 1.86. The number of carbonyl (C=O) groups excluding carboxylic acids is 1. The minimum Gasteiger partial charge on any atom is -0.313 e. The van der Waals surface area contributed by atoms with Crippen molar-refractivity contribution in [3.8, 4) is 0 Å². The van der Waals surface area contributed by atoms with E-state index in [0.29, 0.717) is 29.6 Å². The van der Waals surface area contributed by atoms with Crippen molar-refractivity contribution in [2.75, 3.05) is 13.6 Å². The van der Waals surface area contributed by atoms with E-state index >= 15 is 0 Å². The second-order valence-electron chi connectivity index (χ2n) is 5.54. The van der Waals surface area contributed by atoms with Crippen molar-refractivity contribution in [2.24, 2.45) is 23.2 Å². The molecule has 0 aromatic carbocycles. The Morgan fingerprint density at radius 3 is 2.64 bits per heavy atom. The summed E-state index contributed by atoms with van der Waals surface area (Å²) in [5.74, 6) is 2.35. The van der Waals surface area contributed by atoms with Gasteiger partial charge in [0.1, 0.15) is 5.78 Å². The number of rotatable bonds is 3. The standard InChI is InChI=1S/C12H21NO/c1-12(2)8-4-5-9(10(12)6-8)11(14)7-13-3/h8-10,13H,4-7H2,1-3H3. The van der Waals surface area contributed by atoms with Crippen LogP contribution in [0.25, 0.3) is 0 Å². The number of nitrogens with one attached hydrogen (secondary N) is 1. The summed E-state index contributed by atoms with van der Waals surface area (Å²) in [5.41, 5.74) is 0.437. The van der Waals surface area contributed by atoms with E-state index in [2.05, 4.69) is 19.2 Å². The number of Topliss-reactive ketones (excluding diaryl/α,β-unsaturated/α-hetero) is 1. The maximum atomic E-state index is 11.9. The number of carbonyl (C=O) groups is 1. The molecule has 3 rings (SSSR count). The van der Waals surface area contributed by atoms with Crippen LogP contribution in [0.1, 0.15) is 33.1 Å². The third kappa shape index (κ3) is 1.31. The first-order valence-electron chi connectivity index (χ1n) is 5.74. The van der Waals surface area contributed by atoms with Gasteiger partial charge in [-0.1, -0.05) is 13.8 Å². The molecule has 3 saturated carbocycles. The molecule has 0 aromatic heterocycles. The predicted octanol–water partition coefficient (Wildman–Crippen LogP) is 1.85. The second-order valence-corrected chi connectivity index (χ2v) is 5.54. The molecule has 2 nitrogen and oxygen atoms in total. The molecule has 0 amide bonds. The van der Waals surface area contributed by atoms with Gasteiger partial charge in [-0.15, -0.1) is 0 Å². The summed E-state index contributed by atoms with van der Waals surface area (Å²) in [6.45, 7) is 5.23. The van der Waals surface area contributed by atoms with Gasteiger partial charge in [0.15, 0.2) is 0 Å². The summed E-state index contributed by atoms with van der Waals surface area (Å²) in [6, 6.07) is 0. The lowest BCUT2D eigenvalue weighted by Crippen LogP contribution is -2.55. The van der Waals surface area contributed by atoms with E-state index in [4.69, 9.17) is 0 Å². The summed E-state index contributed by atoms with van der Waals surface area (Å²) in [4.78, 5) is 11.9. The molecule has 1 N–H and O–H groups in total. The SMILES string of the molecule is CNCC(=O)C1CCC2CC1C2(C)C. The molecule has 2 bridgehead atoms. The van der Waals surface area contributed by atoms with E-state index in [0.717, 1.165) is 12.3 Å². The zero-order valence-corrected chi connectivity index (χ0v) is 9.47. The summed E-state index contributed by atoms with van der Waals surface area (Å²) in [5, 5.41) is 2.98. The molecule has 14 heavy (non-hydrogen) atoms. The first-order chi connectivity index (χ1) is 6.57. The number of likely N-dealkylation sites (N-methyl/N-ethyl adjacent to an activating group) is 1. The number of hydrogen-bond donors (Lipinski definition) is 1. The van der Waals surface area contributed by atoms with Gasteiger partial charge in [0.05, 0.1) is 6.54 Å². The minimum atomic E-state index is 0.349. The molecule has 80 valence electrons. The fraction of sp³-hybridized carbons (Fsp3) is 0.917. The van der Waals surface area contributed by atoms with Crippen molar-refractivity contribution in [2.45, 2.75) is 33.1 Å². The average molecular weight is 195 g/mol. The van der Waals surface area contributed by atoms with Gasteiger partial charge in [-0.05, 0) is 43.6 Å². The lowest BCUT2D eigenvalue weighted by molar-refractivity contribution is -0.145. The highest BCUT2D eigenvalue weighted by molar-refractivity contribution is 5.83. The summed E-state index contributed by atoms with van der Waals surface area (Å²) >= 11 is 0. The van der Waals surface area contributed by atoms with Gasteiger partial charge in [0, 0.05) is 5.92 Å². The van der Waals surface area contributed by atoms with Crippen LogP contribution >= 0.6 is 0 Å². The highest BCUT2D eigenvalue weighted by Crippen LogP contribution is 2.61. The average Bonchev–Trinajstić information content (AvgIpc) is 2.18. The Morgan fingerprint density at radius 1 is 1.43 bits per heavy atom. The number of ketones is 1. The highest BCUT2D eigenvalue weighted by atomic mass is 16.1. The maximum absolute atomic E-state index is 11.9. The molecule has 3 fully saturated rings. The Hall–Kier alpha value is -0.370. The van der Waals surface area contributed by atoms with E-state index in [1.165, 1.54) is 12.8 Å². The van der Waals surface area contributed by atoms with Gasteiger partial charge < -0.3 is 5.32 Å².